The van der Waals surface area contributed by atoms with E-state index in [9.17, 15) is 23.8 Å². The van der Waals surface area contributed by atoms with Crippen LogP contribution < -0.4 is 15.5 Å². The molecule has 0 spiro atoms. The first kappa shape index (κ1) is 36.4. The summed E-state index contributed by atoms with van der Waals surface area (Å²) in [5, 5.41) is 35.8. The summed E-state index contributed by atoms with van der Waals surface area (Å²) in [6.45, 7) is 5.41. The van der Waals surface area contributed by atoms with Crippen molar-refractivity contribution in [2.45, 2.75) is 44.1 Å². The van der Waals surface area contributed by atoms with Crippen LogP contribution in [0.1, 0.15) is 31.1 Å². The van der Waals surface area contributed by atoms with Gasteiger partial charge in [-0.1, -0.05) is 18.2 Å². The number of benzene rings is 3. The number of hydrogen-bond donors (Lipinski definition) is 2. The third kappa shape index (κ3) is 6.82. The van der Waals surface area contributed by atoms with Crippen LogP contribution in [-0.4, -0.2) is 82.0 Å². The summed E-state index contributed by atoms with van der Waals surface area (Å²) in [6.07, 6.45) is 2.97. The van der Waals surface area contributed by atoms with Gasteiger partial charge in [0.25, 0.3) is 0 Å². The SMILES string of the molecule is CC(O)C(C)n1ncn(-c2ccc(N3CCN(c4ccc(-c5ccc(C(F)(F)C(O)(Cn6cnnn6)c6ccc(F)cc6F)nc5)cc4)CC3)cc2)c1=O. The van der Waals surface area contributed by atoms with Crippen molar-refractivity contribution < 1.29 is 27.8 Å². The van der Waals surface area contributed by atoms with Crippen LogP contribution in [0.4, 0.5) is 28.9 Å². The number of piperazine rings is 1. The molecule has 6 aromatic rings. The van der Waals surface area contributed by atoms with Gasteiger partial charge in [0.05, 0.1) is 24.4 Å². The van der Waals surface area contributed by atoms with Gasteiger partial charge in [-0.15, -0.1) is 5.10 Å². The van der Waals surface area contributed by atoms with Crippen LogP contribution in [0, 0.1) is 11.6 Å². The number of rotatable bonds is 11. The fourth-order valence-electron chi connectivity index (χ4n) is 6.52. The summed E-state index contributed by atoms with van der Waals surface area (Å²) >= 11 is 0. The van der Waals surface area contributed by atoms with Gasteiger partial charge in [-0.05, 0) is 84.4 Å². The van der Waals surface area contributed by atoms with Gasteiger partial charge in [-0.25, -0.2) is 27.5 Å². The average Bonchev–Trinajstić information content (AvgIpc) is 3.84. The number of aliphatic hydroxyl groups is 2. The molecular formula is C37H36F4N10O3. The Kier molecular flexibility index (Phi) is 9.76. The molecule has 13 nitrogen and oxygen atoms in total. The molecule has 1 aliphatic heterocycles. The lowest BCUT2D eigenvalue weighted by molar-refractivity contribution is -0.207. The molecule has 2 N–H and O–H groups in total. The first-order valence-electron chi connectivity index (χ1n) is 17.1. The normalized spacial score (nSPS) is 15.9. The second-order valence-electron chi connectivity index (χ2n) is 13.2. The highest BCUT2D eigenvalue weighted by Crippen LogP contribution is 2.47. The van der Waals surface area contributed by atoms with Crippen LogP contribution in [-0.2, 0) is 18.1 Å². The second-order valence-corrected chi connectivity index (χ2v) is 13.2. The molecule has 4 heterocycles. The minimum atomic E-state index is -4.16. The Morgan fingerprint density at radius 3 is 1.98 bits per heavy atom. The van der Waals surface area contributed by atoms with Gasteiger partial charge in [-0.3, -0.25) is 4.98 Å². The van der Waals surface area contributed by atoms with Gasteiger partial charge in [-0.2, -0.15) is 13.9 Å². The number of hydrogen-bond acceptors (Lipinski definition) is 10. The zero-order chi connectivity index (χ0) is 38.2. The fraction of sp³-hybridized carbons (Fsp3) is 0.297. The van der Waals surface area contributed by atoms with E-state index >= 15 is 8.78 Å². The molecule has 7 rings (SSSR count). The van der Waals surface area contributed by atoms with E-state index in [0.717, 1.165) is 72.3 Å². The molecule has 1 aliphatic rings. The predicted molar refractivity (Wildman–Crippen MR) is 190 cm³/mol. The van der Waals surface area contributed by atoms with Gasteiger partial charge in [0, 0.05) is 60.9 Å². The maximum Gasteiger partial charge on any atom is 0.350 e. The zero-order valence-electron chi connectivity index (χ0n) is 29.2. The van der Waals surface area contributed by atoms with E-state index in [1.165, 1.54) is 27.8 Å². The number of pyridine rings is 1. The molecule has 3 aromatic heterocycles. The number of nitrogens with zero attached hydrogens (tertiary/aromatic N) is 10. The van der Waals surface area contributed by atoms with Gasteiger partial charge in [0.1, 0.15) is 30.0 Å². The van der Waals surface area contributed by atoms with E-state index in [-0.39, 0.29) is 5.69 Å². The van der Waals surface area contributed by atoms with Crippen molar-refractivity contribution in [1.29, 1.82) is 0 Å². The van der Waals surface area contributed by atoms with Crippen molar-refractivity contribution >= 4 is 11.4 Å². The van der Waals surface area contributed by atoms with Gasteiger partial charge in [0.2, 0.25) is 0 Å². The highest BCUT2D eigenvalue weighted by atomic mass is 19.3. The number of halogens is 4. The Balaban J connectivity index is 1.01. The summed E-state index contributed by atoms with van der Waals surface area (Å²) < 4.78 is 64.4. The standard InChI is InChI=1S/C37H36F4N10O3/c1-24(25(2)52)51-35(53)50(23-44-51)31-11-9-30(10-12-31)48-17-15-47(16-18-48)29-7-3-26(4-8-29)27-5-14-34(42-20-27)37(40,41)36(54,21-49-22-43-45-46-49)32-13-6-28(38)19-33(32)39/h3-14,19-20,22-25,52,54H,15-18,21H2,1-2H3. The molecule has 280 valence electrons. The molecule has 1 fully saturated rings. The fourth-order valence-corrected chi connectivity index (χ4v) is 6.52. The highest BCUT2D eigenvalue weighted by Gasteiger charge is 2.58. The lowest BCUT2D eigenvalue weighted by Gasteiger charge is -2.37. The van der Waals surface area contributed by atoms with Crippen molar-refractivity contribution in [2.24, 2.45) is 0 Å². The minimum Gasteiger partial charge on any atom is -0.391 e. The van der Waals surface area contributed by atoms with Gasteiger partial charge < -0.3 is 20.0 Å². The summed E-state index contributed by atoms with van der Waals surface area (Å²) in [5.74, 6) is -6.51. The molecule has 17 heteroatoms. The van der Waals surface area contributed by atoms with Crippen LogP contribution in [0.3, 0.4) is 0 Å². The van der Waals surface area contributed by atoms with Crippen molar-refractivity contribution in [3.05, 3.63) is 131 Å². The van der Waals surface area contributed by atoms with Crippen LogP contribution in [0.25, 0.3) is 16.8 Å². The molecule has 3 unspecified atom stereocenters. The first-order chi connectivity index (χ1) is 25.9. The Bertz CT molecular complexity index is 2260. The lowest BCUT2D eigenvalue weighted by atomic mass is 9.84. The monoisotopic (exact) mass is 744 g/mol. The molecule has 3 aromatic carbocycles. The largest absolute Gasteiger partial charge is 0.391 e. The number of tetrazole rings is 1. The molecule has 0 bridgehead atoms. The van der Waals surface area contributed by atoms with E-state index in [0.29, 0.717) is 17.3 Å². The summed E-state index contributed by atoms with van der Waals surface area (Å²) in [6, 6.07) is 19.3. The number of aromatic nitrogens is 8. The van der Waals surface area contributed by atoms with Crippen LogP contribution in [0.5, 0.6) is 0 Å². The predicted octanol–water partition coefficient (Wildman–Crippen LogP) is 4.31. The lowest BCUT2D eigenvalue weighted by Crippen LogP contribution is -2.48. The third-order valence-corrected chi connectivity index (χ3v) is 9.88. The molecule has 54 heavy (non-hydrogen) atoms. The van der Waals surface area contributed by atoms with E-state index < -0.39 is 53.1 Å². The molecule has 0 amide bonds. The summed E-state index contributed by atoms with van der Waals surface area (Å²) in [7, 11) is 0. The number of anilines is 2. The smallest absolute Gasteiger partial charge is 0.350 e. The summed E-state index contributed by atoms with van der Waals surface area (Å²) in [4.78, 5) is 21.3. The number of aliphatic hydroxyl groups excluding tert-OH is 1. The van der Waals surface area contributed by atoms with Crippen molar-refractivity contribution in [2.75, 3.05) is 36.0 Å². The Morgan fingerprint density at radius 2 is 1.43 bits per heavy atom. The Labute approximate surface area is 306 Å². The molecule has 0 aliphatic carbocycles. The van der Waals surface area contributed by atoms with Gasteiger partial charge in [0.15, 0.2) is 5.60 Å². The van der Waals surface area contributed by atoms with Crippen molar-refractivity contribution in [1.82, 2.24) is 39.5 Å². The molecule has 3 atom stereocenters. The molecule has 0 saturated carbocycles. The quantitative estimate of drug-likeness (QED) is 0.184. The van der Waals surface area contributed by atoms with E-state index in [1.54, 1.807) is 13.8 Å². The summed E-state index contributed by atoms with van der Waals surface area (Å²) in [5.41, 5.74) is -1.28. The van der Waals surface area contributed by atoms with Crippen LogP contribution in [0.2, 0.25) is 0 Å². The maximum absolute atomic E-state index is 16.2. The van der Waals surface area contributed by atoms with Crippen molar-refractivity contribution in [3.63, 3.8) is 0 Å². The number of alkyl halides is 2. The van der Waals surface area contributed by atoms with Crippen LogP contribution in [0.15, 0.2) is 103 Å². The maximum atomic E-state index is 16.2. The Morgan fingerprint density at radius 1 is 0.815 bits per heavy atom. The third-order valence-electron chi connectivity index (χ3n) is 9.88. The molecule has 0 radical (unpaired) electrons. The first-order valence-corrected chi connectivity index (χ1v) is 17.1. The Hall–Kier alpha value is -5.94. The topological polar surface area (TPSA) is 143 Å². The molecule has 1 saturated heterocycles. The van der Waals surface area contributed by atoms with E-state index in [4.69, 9.17) is 0 Å². The second kappa shape index (κ2) is 14.5. The van der Waals surface area contributed by atoms with E-state index in [1.807, 2.05) is 48.5 Å². The average molecular weight is 745 g/mol. The zero-order valence-corrected chi connectivity index (χ0v) is 29.2. The van der Waals surface area contributed by atoms with Crippen molar-refractivity contribution in [3.8, 4) is 16.8 Å². The highest BCUT2D eigenvalue weighted by molar-refractivity contribution is 5.66. The van der Waals surface area contributed by atoms with Crippen LogP contribution >= 0.6 is 0 Å². The van der Waals surface area contributed by atoms with Gasteiger partial charge >= 0.3 is 11.6 Å². The molecular weight excluding hydrogens is 708 g/mol. The minimum absolute atomic E-state index is 0.326. The van der Waals surface area contributed by atoms with E-state index in [2.05, 4.69) is 35.4 Å².